The van der Waals surface area contributed by atoms with Crippen LogP contribution in [0.1, 0.15) is 24.8 Å². The predicted octanol–water partition coefficient (Wildman–Crippen LogP) is 3.31. The maximum atomic E-state index is 12.7. The van der Waals surface area contributed by atoms with Crippen LogP contribution in [0, 0.1) is 5.92 Å². The molecule has 0 saturated carbocycles. The van der Waals surface area contributed by atoms with E-state index in [4.69, 9.17) is 9.47 Å². The molecule has 1 atom stereocenters. The maximum Gasteiger partial charge on any atom is 0.230 e. The van der Waals surface area contributed by atoms with E-state index < -0.39 is 0 Å². The zero-order chi connectivity index (χ0) is 23.3. The third-order valence-corrected chi connectivity index (χ3v) is 6.19. The van der Waals surface area contributed by atoms with Crippen LogP contribution in [0.15, 0.2) is 60.7 Å². The Hall–Kier alpha value is -3.49. The van der Waals surface area contributed by atoms with Gasteiger partial charge in [-0.15, -0.1) is 5.10 Å². The molecule has 0 spiro atoms. The molecule has 0 bridgehead atoms. The van der Waals surface area contributed by atoms with E-state index in [1.807, 2.05) is 53.2 Å². The predicted molar refractivity (Wildman–Crippen MR) is 127 cm³/mol. The summed E-state index contributed by atoms with van der Waals surface area (Å²) in [6.45, 7) is 2.39. The van der Waals surface area contributed by atoms with Gasteiger partial charge in [0.2, 0.25) is 11.8 Å². The van der Waals surface area contributed by atoms with Crippen LogP contribution >= 0.6 is 0 Å². The van der Waals surface area contributed by atoms with Crippen molar-refractivity contribution in [2.75, 3.05) is 25.1 Å². The number of para-hydroxylation sites is 1. The summed E-state index contributed by atoms with van der Waals surface area (Å²) in [6.07, 6.45) is 2.27. The highest BCUT2D eigenvalue weighted by Gasteiger charge is 2.28. The number of hydrogen-bond donors (Lipinski definition) is 2. The number of aromatic nitrogens is 2. The number of nitrogens with one attached hydrogen (secondary N) is 2. The Morgan fingerprint density at radius 1 is 1.12 bits per heavy atom. The van der Waals surface area contributed by atoms with Gasteiger partial charge in [-0.3, -0.25) is 9.59 Å². The van der Waals surface area contributed by atoms with Crippen molar-refractivity contribution in [3.05, 3.63) is 66.2 Å². The fourth-order valence-electron chi connectivity index (χ4n) is 4.31. The molecule has 2 aromatic carbocycles. The summed E-state index contributed by atoms with van der Waals surface area (Å²) in [6, 6.07) is 19.9. The number of ether oxygens (including phenoxy) is 2. The minimum Gasteiger partial charge on any atom is -0.381 e. The number of anilines is 1. The Bertz CT molecular complexity index is 1150. The topological polar surface area (TPSA) is 94.5 Å². The minimum atomic E-state index is -0.386. The van der Waals surface area contributed by atoms with E-state index in [1.54, 1.807) is 0 Å². The van der Waals surface area contributed by atoms with Crippen molar-refractivity contribution < 1.29 is 19.1 Å². The molecule has 0 unspecified atom stereocenters. The second-order valence-corrected chi connectivity index (χ2v) is 8.68. The van der Waals surface area contributed by atoms with Crippen LogP contribution in [0.4, 0.5) is 5.82 Å². The molecule has 2 aliphatic heterocycles. The smallest absolute Gasteiger partial charge is 0.230 e. The van der Waals surface area contributed by atoms with Gasteiger partial charge in [-0.1, -0.05) is 36.4 Å². The highest BCUT2D eigenvalue weighted by atomic mass is 16.5. The Balaban J connectivity index is 1.39. The molecule has 34 heavy (non-hydrogen) atoms. The molecule has 3 aromatic rings. The number of benzene rings is 2. The van der Waals surface area contributed by atoms with Crippen molar-refractivity contribution in [1.82, 2.24) is 15.1 Å². The van der Waals surface area contributed by atoms with Gasteiger partial charge >= 0.3 is 0 Å². The van der Waals surface area contributed by atoms with E-state index in [0.717, 1.165) is 48.6 Å². The second-order valence-electron chi connectivity index (χ2n) is 8.68. The maximum absolute atomic E-state index is 12.7. The van der Waals surface area contributed by atoms with Crippen LogP contribution in [-0.2, 0) is 25.7 Å². The molecule has 2 N–H and O–H groups in total. The zero-order valence-corrected chi connectivity index (χ0v) is 18.9. The van der Waals surface area contributed by atoms with Gasteiger partial charge in [-0.2, -0.15) is 0 Å². The van der Waals surface area contributed by atoms with E-state index in [1.165, 1.54) is 0 Å². The monoisotopic (exact) mass is 460 g/mol. The molecule has 0 radical (unpaired) electrons. The first-order valence-electron chi connectivity index (χ1n) is 11.7. The average molecular weight is 461 g/mol. The SMILES string of the molecule is O=C1C[C@H](C(=O)Nc2cc(-c3cccc(COC4CCOCC4)c3)n(-c3ccccc3)n2)CN1. The van der Waals surface area contributed by atoms with Crippen molar-refractivity contribution in [2.45, 2.75) is 32.0 Å². The van der Waals surface area contributed by atoms with Crippen molar-refractivity contribution >= 4 is 17.6 Å². The molecule has 0 aliphatic carbocycles. The summed E-state index contributed by atoms with van der Waals surface area (Å²) >= 11 is 0. The number of rotatable bonds is 7. The fraction of sp³-hybridized carbons (Fsp3) is 0.346. The molecule has 2 saturated heterocycles. The molecule has 8 heteroatoms. The molecule has 3 heterocycles. The summed E-state index contributed by atoms with van der Waals surface area (Å²) in [7, 11) is 0. The van der Waals surface area contributed by atoms with Crippen LogP contribution in [0.25, 0.3) is 16.9 Å². The number of carbonyl (C=O) groups is 2. The lowest BCUT2D eigenvalue weighted by Gasteiger charge is -2.22. The van der Waals surface area contributed by atoms with E-state index in [9.17, 15) is 9.59 Å². The lowest BCUT2D eigenvalue weighted by molar-refractivity contribution is -0.123. The zero-order valence-electron chi connectivity index (χ0n) is 18.9. The van der Waals surface area contributed by atoms with Crippen LogP contribution in [0.2, 0.25) is 0 Å². The van der Waals surface area contributed by atoms with Gasteiger partial charge in [0.25, 0.3) is 0 Å². The molecule has 2 fully saturated rings. The number of amides is 2. The largest absolute Gasteiger partial charge is 0.381 e. The third-order valence-electron chi connectivity index (χ3n) is 6.19. The van der Waals surface area contributed by atoms with E-state index in [-0.39, 0.29) is 30.3 Å². The molecule has 5 rings (SSSR count). The number of hydrogen-bond acceptors (Lipinski definition) is 5. The van der Waals surface area contributed by atoms with Crippen LogP contribution in [0.5, 0.6) is 0 Å². The average Bonchev–Trinajstić information content (AvgIpc) is 3.51. The van der Waals surface area contributed by atoms with E-state index >= 15 is 0 Å². The summed E-state index contributed by atoms with van der Waals surface area (Å²) in [5.41, 5.74) is 3.79. The van der Waals surface area contributed by atoms with Crippen LogP contribution < -0.4 is 10.6 Å². The molecule has 2 amide bonds. The molecule has 2 aliphatic rings. The number of carbonyl (C=O) groups excluding carboxylic acids is 2. The molecular weight excluding hydrogens is 432 g/mol. The van der Waals surface area contributed by atoms with Crippen molar-refractivity contribution in [2.24, 2.45) is 5.92 Å². The van der Waals surface area contributed by atoms with E-state index in [0.29, 0.717) is 19.0 Å². The molecule has 176 valence electrons. The lowest BCUT2D eigenvalue weighted by Crippen LogP contribution is -2.24. The minimum absolute atomic E-state index is 0.101. The quantitative estimate of drug-likeness (QED) is 0.564. The van der Waals surface area contributed by atoms with Gasteiger partial charge in [-0.05, 0) is 36.6 Å². The van der Waals surface area contributed by atoms with Gasteiger partial charge in [0.05, 0.1) is 30.0 Å². The Labute approximate surface area is 198 Å². The van der Waals surface area contributed by atoms with Gasteiger partial charge < -0.3 is 20.1 Å². The lowest BCUT2D eigenvalue weighted by atomic mass is 10.1. The standard InChI is InChI=1S/C26H28N4O4/c31-25-14-20(16-27-25)26(32)28-24-15-23(30(29-24)21-7-2-1-3-8-21)19-6-4-5-18(13-19)17-34-22-9-11-33-12-10-22/h1-8,13,15,20,22H,9-12,14,16-17H2,(H,27,31)(H,28,29,32)/t20-/m0/s1. The highest BCUT2D eigenvalue weighted by molar-refractivity contribution is 5.97. The normalized spacial score (nSPS) is 18.6. The van der Waals surface area contributed by atoms with Gasteiger partial charge in [-0.25, -0.2) is 4.68 Å². The molecule has 1 aromatic heterocycles. The summed E-state index contributed by atoms with van der Waals surface area (Å²) in [4.78, 5) is 24.2. The van der Waals surface area contributed by atoms with Crippen molar-refractivity contribution in [3.8, 4) is 16.9 Å². The Morgan fingerprint density at radius 3 is 2.71 bits per heavy atom. The first-order chi connectivity index (χ1) is 16.7. The Kier molecular flexibility index (Phi) is 6.69. The van der Waals surface area contributed by atoms with Crippen LogP contribution in [0.3, 0.4) is 0 Å². The molecular formula is C26H28N4O4. The van der Waals surface area contributed by atoms with Crippen molar-refractivity contribution in [1.29, 1.82) is 0 Å². The summed E-state index contributed by atoms with van der Waals surface area (Å²) in [5, 5.41) is 10.3. The van der Waals surface area contributed by atoms with Crippen molar-refractivity contribution in [3.63, 3.8) is 0 Å². The van der Waals surface area contributed by atoms with Crippen LogP contribution in [-0.4, -0.2) is 47.5 Å². The van der Waals surface area contributed by atoms with Gasteiger partial charge in [0.15, 0.2) is 5.82 Å². The Morgan fingerprint density at radius 2 is 1.94 bits per heavy atom. The number of nitrogens with zero attached hydrogens (tertiary/aromatic N) is 2. The molecule has 8 nitrogen and oxygen atoms in total. The second kappa shape index (κ2) is 10.2. The third kappa shape index (κ3) is 5.18. The summed E-state index contributed by atoms with van der Waals surface area (Å²) in [5.74, 6) is -0.243. The van der Waals surface area contributed by atoms with Gasteiger partial charge in [0.1, 0.15) is 0 Å². The summed E-state index contributed by atoms with van der Waals surface area (Å²) < 4.78 is 13.3. The first-order valence-corrected chi connectivity index (χ1v) is 11.7. The first kappa shape index (κ1) is 22.3. The van der Waals surface area contributed by atoms with Gasteiger partial charge in [0, 0.05) is 37.8 Å². The van der Waals surface area contributed by atoms with E-state index in [2.05, 4.69) is 27.9 Å². The fourth-order valence-corrected chi connectivity index (χ4v) is 4.31. The highest BCUT2D eigenvalue weighted by Crippen LogP contribution is 2.28.